The second-order valence-corrected chi connectivity index (χ2v) is 12.1. The quantitative estimate of drug-likeness (QED) is 0.187. The van der Waals surface area contributed by atoms with Crippen LogP contribution in [0.2, 0.25) is 8.87 Å². The van der Waals surface area contributed by atoms with Crippen LogP contribution >= 0.6 is 7.82 Å². The number of hydrogen-bond donors (Lipinski definition) is 1. The number of phosphoric ester groups is 1. The summed E-state index contributed by atoms with van der Waals surface area (Å²) in [4.78, 5) is 9.81. The Morgan fingerprint density at radius 1 is 1.32 bits per heavy atom. The number of hydrogen-bond acceptors (Lipinski definition) is 5. The molecule has 0 aromatic heterocycles. The molecule has 28 heavy (non-hydrogen) atoms. The number of methoxy groups -OCH3 is 1. The molecule has 2 rings (SSSR count). The van der Waals surface area contributed by atoms with Crippen LogP contribution in [-0.2, 0) is 25.0 Å². The van der Waals surface area contributed by atoms with Crippen LogP contribution in [0.1, 0.15) is 38.2 Å². The number of benzene rings is 1. The maximum atomic E-state index is 12.0. The van der Waals surface area contributed by atoms with Gasteiger partial charge in [0, 0.05) is 0 Å². The zero-order valence-electron chi connectivity index (χ0n) is 16.7. The third kappa shape index (κ3) is 9.42. The van der Waals surface area contributed by atoms with Crippen LogP contribution in [0.3, 0.4) is 0 Å². The van der Waals surface area contributed by atoms with Crippen molar-refractivity contribution in [2.24, 2.45) is 0 Å². The van der Waals surface area contributed by atoms with Crippen molar-refractivity contribution in [3.05, 3.63) is 42.0 Å². The van der Waals surface area contributed by atoms with Crippen LogP contribution in [0.25, 0.3) is 0 Å². The molecule has 1 aliphatic heterocycles. The minimum absolute atomic E-state index is 0.335. The van der Waals surface area contributed by atoms with Crippen LogP contribution in [0.4, 0.5) is 0 Å². The molecule has 1 aromatic carbocycles. The van der Waals surface area contributed by atoms with Gasteiger partial charge in [0.05, 0.1) is 7.11 Å². The van der Waals surface area contributed by atoms with Crippen molar-refractivity contribution < 1.29 is 28.0 Å². The van der Waals surface area contributed by atoms with Gasteiger partial charge in [-0.2, -0.15) is 0 Å². The summed E-state index contributed by atoms with van der Waals surface area (Å²) in [6, 6.07) is 7.70. The fraction of sp³-hybridized carbons (Fsp3) is 0.600. The van der Waals surface area contributed by atoms with E-state index in [-0.39, 0.29) is 33.4 Å². The Balaban J connectivity index is 1.71. The van der Waals surface area contributed by atoms with Gasteiger partial charge in [0.1, 0.15) is 5.75 Å². The Bertz CT molecular complexity index is 636. The van der Waals surface area contributed by atoms with E-state index in [0.717, 1.165) is 15.7 Å². The van der Waals surface area contributed by atoms with E-state index in [1.807, 2.05) is 30.3 Å². The van der Waals surface area contributed by atoms with Crippen LogP contribution in [0.5, 0.6) is 5.75 Å². The molecule has 2 radical (unpaired) electrons. The normalized spacial score (nSPS) is 25.2. The Labute approximate surface area is 178 Å². The molecule has 1 heterocycles. The molecule has 0 aliphatic carbocycles. The summed E-state index contributed by atoms with van der Waals surface area (Å²) in [7, 11) is -2.35. The summed E-state index contributed by atoms with van der Waals surface area (Å²) in [6.07, 6.45) is 7.06. The molecule has 8 heteroatoms. The number of rotatable bonds is 12. The van der Waals surface area contributed by atoms with Gasteiger partial charge < -0.3 is 4.74 Å². The molecule has 0 spiro atoms. The fourth-order valence-electron chi connectivity index (χ4n) is 2.85. The van der Waals surface area contributed by atoms with Gasteiger partial charge in [-0.3, -0.25) is 0 Å². The van der Waals surface area contributed by atoms with E-state index in [1.54, 1.807) is 7.11 Å². The second kappa shape index (κ2) is 13.0. The summed E-state index contributed by atoms with van der Waals surface area (Å²) < 4.78 is 35.7. The van der Waals surface area contributed by atoms with Crippen molar-refractivity contribution in [1.82, 2.24) is 0 Å². The summed E-state index contributed by atoms with van der Waals surface area (Å²) in [5.74, 6) is 0.811. The molecule has 0 amide bonds. The molecule has 0 bridgehead atoms. The van der Waals surface area contributed by atoms with Gasteiger partial charge in [-0.25, -0.2) is 0 Å². The summed E-state index contributed by atoms with van der Waals surface area (Å²) >= 11 is -0.335. The van der Waals surface area contributed by atoms with Crippen molar-refractivity contribution in [1.29, 1.82) is 0 Å². The Kier molecular flexibility index (Phi) is 11.1. The van der Waals surface area contributed by atoms with E-state index in [4.69, 9.17) is 18.5 Å². The van der Waals surface area contributed by atoms with Gasteiger partial charge in [0.2, 0.25) is 0 Å². The number of phosphoric acid groups is 1. The van der Waals surface area contributed by atoms with Crippen LogP contribution in [0.15, 0.2) is 36.4 Å². The van der Waals surface area contributed by atoms with E-state index in [9.17, 15) is 9.46 Å². The second-order valence-electron chi connectivity index (χ2n) is 6.75. The first-order chi connectivity index (χ1) is 13.5. The van der Waals surface area contributed by atoms with E-state index < -0.39 is 7.82 Å². The van der Waals surface area contributed by atoms with Gasteiger partial charge in [-0.1, -0.05) is 0 Å². The minimum atomic E-state index is -3.99. The molecule has 1 unspecified atom stereocenters. The number of ether oxygens (including phenoxy) is 2. The van der Waals surface area contributed by atoms with E-state index in [2.05, 4.69) is 13.0 Å². The molecule has 0 saturated carbocycles. The van der Waals surface area contributed by atoms with Gasteiger partial charge in [0.15, 0.2) is 0 Å². The van der Waals surface area contributed by atoms with Crippen molar-refractivity contribution in [2.75, 3.05) is 13.7 Å². The zero-order valence-corrected chi connectivity index (χ0v) is 20.5. The summed E-state index contributed by atoms with van der Waals surface area (Å²) in [5, 5.41) is 0. The molecule has 3 atom stereocenters. The van der Waals surface area contributed by atoms with E-state index in [0.29, 0.717) is 26.1 Å². The SMILES string of the molecule is CCC[CH2][Sn][CH2]C=C[C@@H]1C[C@@H](CCOCc2ccc(OC)cc2)OP(=O)(O)O1. The molecular formula is C20H31O6PSn. The molecule has 6 nitrogen and oxygen atoms in total. The third-order valence-electron chi connectivity index (χ3n) is 4.38. The van der Waals surface area contributed by atoms with Crippen LogP contribution in [0, 0.1) is 0 Å². The van der Waals surface area contributed by atoms with Gasteiger partial charge in [0.25, 0.3) is 0 Å². The van der Waals surface area contributed by atoms with Crippen molar-refractivity contribution >= 4 is 29.0 Å². The average molecular weight is 517 g/mol. The average Bonchev–Trinajstić information content (AvgIpc) is 2.67. The van der Waals surface area contributed by atoms with Gasteiger partial charge >= 0.3 is 149 Å². The first-order valence-corrected chi connectivity index (χ1v) is 15.3. The molecule has 1 N–H and O–H groups in total. The van der Waals surface area contributed by atoms with Gasteiger partial charge in [-0.15, -0.1) is 0 Å². The van der Waals surface area contributed by atoms with E-state index in [1.165, 1.54) is 17.3 Å². The molecular weight excluding hydrogens is 486 g/mol. The number of unbranched alkanes of at least 4 members (excludes halogenated alkanes) is 1. The van der Waals surface area contributed by atoms with Crippen LogP contribution < -0.4 is 4.74 Å². The number of allylic oxidation sites excluding steroid dienone is 1. The molecule has 156 valence electrons. The fourth-order valence-corrected chi connectivity index (χ4v) is 7.13. The zero-order chi connectivity index (χ0) is 20.2. The van der Waals surface area contributed by atoms with E-state index >= 15 is 0 Å². The van der Waals surface area contributed by atoms with Crippen molar-refractivity contribution in [2.45, 2.75) is 60.3 Å². The first-order valence-electron chi connectivity index (χ1n) is 9.80. The summed E-state index contributed by atoms with van der Waals surface area (Å²) in [6.45, 7) is 3.15. The van der Waals surface area contributed by atoms with Crippen molar-refractivity contribution in [3.63, 3.8) is 0 Å². The predicted molar refractivity (Wildman–Crippen MR) is 111 cm³/mol. The monoisotopic (exact) mass is 518 g/mol. The molecule has 1 fully saturated rings. The standard InChI is InChI=1S/C16H22O6P.C4H9.Sn/c1-3-4-15-11-16(22-23(17,18)21-15)9-10-20-12-13-5-7-14(19-2)8-6-13;1-3-4-2;/h3-8,15-16H,1,9-12H2,2H3,(H,17,18);1,3-4H2,2H3;/t15-,16-;;/m1../s1. The maximum absolute atomic E-state index is 12.0. The Morgan fingerprint density at radius 3 is 2.82 bits per heavy atom. The first kappa shape index (κ1) is 23.9. The Morgan fingerprint density at radius 2 is 2.11 bits per heavy atom. The molecule has 1 aromatic rings. The topological polar surface area (TPSA) is 74.2 Å². The molecule has 1 saturated heterocycles. The predicted octanol–water partition coefficient (Wildman–Crippen LogP) is 4.77. The Hall–Kier alpha value is -0.371. The summed E-state index contributed by atoms with van der Waals surface area (Å²) in [5.41, 5.74) is 1.05. The van der Waals surface area contributed by atoms with Crippen LogP contribution in [-0.4, -0.2) is 52.0 Å². The van der Waals surface area contributed by atoms with Gasteiger partial charge in [-0.05, 0) is 12.1 Å². The molecule has 1 aliphatic rings. The third-order valence-corrected chi connectivity index (χ3v) is 8.99. The van der Waals surface area contributed by atoms with Crippen molar-refractivity contribution in [3.8, 4) is 5.75 Å².